The van der Waals surface area contributed by atoms with Gasteiger partial charge in [-0.2, -0.15) is 0 Å². The summed E-state index contributed by atoms with van der Waals surface area (Å²) in [4.78, 5) is 23.5. The maximum Gasteiger partial charge on any atom is 0.246 e. The van der Waals surface area contributed by atoms with Crippen molar-refractivity contribution in [3.63, 3.8) is 0 Å². The predicted molar refractivity (Wildman–Crippen MR) is 103 cm³/mol. The van der Waals surface area contributed by atoms with Gasteiger partial charge in [-0.25, -0.2) is 0 Å². The lowest BCUT2D eigenvalue weighted by Gasteiger charge is -2.17. The van der Waals surface area contributed by atoms with E-state index in [2.05, 4.69) is 27.7 Å². The number of carbonyl (C=O) groups is 2. The molecule has 0 rings (SSSR count). The van der Waals surface area contributed by atoms with Crippen molar-refractivity contribution in [2.75, 3.05) is 13.6 Å². The summed E-state index contributed by atoms with van der Waals surface area (Å²) >= 11 is 0. The minimum Gasteiger partial charge on any atom is -0.342 e. The molecule has 0 saturated carbocycles. The van der Waals surface area contributed by atoms with Gasteiger partial charge < -0.3 is 4.90 Å². The van der Waals surface area contributed by atoms with Crippen molar-refractivity contribution in [2.45, 2.75) is 79.1 Å². The smallest absolute Gasteiger partial charge is 0.246 e. The van der Waals surface area contributed by atoms with Crippen LogP contribution in [0.25, 0.3) is 0 Å². The SMILES string of the molecule is CC(C)CCCC(C)CCC(C)CCCCN(C)C(=O)/C=C\C=O. The molecular weight excluding hydrogens is 298 g/mol. The van der Waals surface area contributed by atoms with E-state index in [0.29, 0.717) is 6.29 Å². The first-order valence-corrected chi connectivity index (χ1v) is 9.73. The van der Waals surface area contributed by atoms with Gasteiger partial charge in [-0.15, -0.1) is 0 Å². The Kier molecular flexibility index (Phi) is 13.6. The van der Waals surface area contributed by atoms with Gasteiger partial charge in [0.25, 0.3) is 0 Å². The van der Waals surface area contributed by atoms with E-state index in [1.165, 1.54) is 50.7 Å². The van der Waals surface area contributed by atoms with Crippen LogP contribution in [0.1, 0.15) is 79.1 Å². The van der Waals surface area contributed by atoms with Crippen LogP contribution in [-0.2, 0) is 9.59 Å². The topological polar surface area (TPSA) is 37.4 Å². The molecule has 0 radical (unpaired) electrons. The average Bonchev–Trinajstić information content (AvgIpc) is 2.54. The normalized spacial score (nSPS) is 14.1. The molecule has 2 unspecified atom stereocenters. The zero-order valence-electron chi connectivity index (χ0n) is 16.6. The molecule has 0 aromatic rings. The third kappa shape index (κ3) is 13.3. The Balaban J connectivity index is 3.68. The van der Waals surface area contributed by atoms with Gasteiger partial charge in [-0.3, -0.25) is 9.59 Å². The first-order valence-electron chi connectivity index (χ1n) is 9.73. The minimum absolute atomic E-state index is 0.0922. The number of amides is 1. The van der Waals surface area contributed by atoms with Gasteiger partial charge in [0.2, 0.25) is 5.91 Å². The van der Waals surface area contributed by atoms with E-state index in [-0.39, 0.29) is 5.91 Å². The molecule has 0 saturated heterocycles. The fraction of sp³-hybridized carbons (Fsp3) is 0.810. The second kappa shape index (κ2) is 14.2. The van der Waals surface area contributed by atoms with Crippen LogP contribution < -0.4 is 0 Å². The lowest BCUT2D eigenvalue weighted by atomic mass is 9.91. The summed E-state index contributed by atoms with van der Waals surface area (Å²) in [6, 6.07) is 0. The highest BCUT2D eigenvalue weighted by Crippen LogP contribution is 2.21. The molecule has 0 heterocycles. The number of hydrogen-bond acceptors (Lipinski definition) is 2. The molecule has 0 N–H and O–H groups in total. The molecule has 0 spiro atoms. The van der Waals surface area contributed by atoms with Crippen molar-refractivity contribution in [3.05, 3.63) is 12.2 Å². The Labute approximate surface area is 149 Å². The zero-order valence-corrected chi connectivity index (χ0v) is 16.6. The van der Waals surface area contributed by atoms with Crippen LogP contribution in [0, 0.1) is 17.8 Å². The van der Waals surface area contributed by atoms with E-state index < -0.39 is 0 Å². The Hall–Kier alpha value is -1.12. The monoisotopic (exact) mass is 337 g/mol. The maximum atomic E-state index is 11.6. The van der Waals surface area contributed by atoms with Gasteiger partial charge in [0, 0.05) is 19.7 Å². The van der Waals surface area contributed by atoms with Crippen LogP contribution in [0.4, 0.5) is 0 Å². The number of unbranched alkanes of at least 4 members (excludes halogenated alkanes) is 1. The molecule has 140 valence electrons. The second-order valence-electron chi connectivity index (χ2n) is 7.86. The van der Waals surface area contributed by atoms with E-state index in [4.69, 9.17) is 0 Å². The molecule has 24 heavy (non-hydrogen) atoms. The third-order valence-corrected chi connectivity index (χ3v) is 4.76. The quantitative estimate of drug-likeness (QED) is 0.247. The number of hydrogen-bond donors (Lipinski definition) is 0. The first-order chi connectivity index (χ1) is 11.4. The van der Waals surface area contributed by atoms with Gasteiger partial charge in [0.15, 0.2) is 0 Å². The summed E-state index contributed by atoms with van der Waals surface area (Å²) < 4.78 is 0. The van der Waals surface area contributed by atoms with Crippen LogP contribution in [0.15, 0.2) is 12.2 Å². The van der Waals surface area contributed by atoms with Crippen molar-refractivity contribution < 1.29 is 9.59 Å². The number of likely N-dealkylation sites (N-methyl/N-ethyl adjacent to an activating group) is 1. The second-order valence-corrected chi connectivity index (χ2v) is 7.86. The average molecular weight is 338 g/mol. The number of carbonyl (C=O) groups excluding carboxylic acids is 2. The van der Waals surface area contributed by atoms with Gasteiger partial charge in [0.1, 0.15) is 6.29 Å². The number of nitrogens with zero attached hydrogens (tertiary/aromatic N) is 1. The standard InChI is InChI=1S/C21H39NO2/c1-18(2)10-8-12-20(4)15-14-19(3)11-6-7-16-22(5)21(24)13-9-17-23/h9,13,17-20H,6-8,10-12,14-16H2,1-5H3/b13-9-. The molecule has 0 aliphatic heterocycles. The number of rotatable bonds is 14. The highest BCUT2D eigenvalue weighted by atomic mass is 16.2. The van der Waals surface area contributed by atoms with Gasteiger partial charge in [-0.1, -0.05) is 72.6 Å². The largest absolute Gasteiger partial charge is 0.342 e. The van der Waals surface area contributed by atoms with Crippen LogP contribution in [-0.4, -0.2) is 30.7 Å². The fourth-order valence-electron chi connectivity index (χ4n) is 2.93. The fourth-order valence-corrected chi connectivity index (χ4v) is 2.93. The molecule has 3 heteroatoms. The molecule has 2 atom stereocenters. The number of aldehydes is 1. The Morgan fingerprint density at radius 2 is 1.46 bits per heavy atom. The summed E-state index contributed by atoms with van der Waals surface area (Å²) in [6.07, 6.45) is 13.4. The molecular formula is C21H39NO2. The molecule has 0 aromatic heterocycles. The van der Waals surface area contributed by atoms with Crippen molar-refractivity contribution >= 4 is 12.2 Å². The van der Waals surface area contributed by atoms with Crippen LogP contribution >= 0.6 is 0 Å². The van der Waals surface area contributed by atoms with Crippen molar-refractivity contribution in [1.29, 1.82) is 0 Å². The summed E-state index contributed by atoms with van der Waals surface area (Å²) in [5.41, 5.74) is 0. The van der Waals surface area contributed by atoms with Crippen molar-refractivity contribution in [1.82, 2.24) is 4.90 Å². The van der Waals surface area contributed by atoms with E-state index in [9.17, 15) is 9.59 Å². The molecule has 0 aliphatic carbocycles. The third-order valence-electron chi connectivity index (χ3n) is 4.76. The lowest BCUT2D eigenvalue weighted by molar-refractivity contribution is -0.125. The summed E-state index contributed by atoms with van der Waals surface area (Å²) in [6.45, 7) is 10.1. The first kappa shape index (κ1) is 22.9. The molecule has 1 amide bonds. The van der Waals surface area contributed by atoms with E-state index >= 15 is 0 Å². The van der Waals surface area contributed by atoms with Crippen molar-refractivity contribution in [3.8, 4) is 0 Å². The highest BCUT2D eigenvalue weighted by Gasteiger charge is 2.08. The molecule has 0 aliphatic rings. The van der Waals surface area contributed by atoms with Crippen LogP contribution in [0.3, 0.4) is 0 Å². The van der Waals surface area contributed by atoms with Gasteiger partial charge in [-0.05, 0) is 30.3 Å². The Bertz CT molecular complexity index is 363. The molecule has 0 bridgehead atoms. The van der Waals surface area contributed by atoms with E-state index in [1.807, 2.05) is 0 Å². The molecule has 0 aromatic carbocycles. The maximum absolute atomic E-state index is 11.6. The van der Waals surface area contributed by atoms with Gasteiger partial charge >= 0.3 is 0 Å². The predicted octanol–water partition coefficient (Wildman–Crippen LogP) is 5.25. The molecule has 0 fully saturated rings. The van der Waals surface area contributed by atoms with Crippen LogP contribution in [0.2, 0.25) is 0 Å². The lowest BCUT2D eigenvalue weighted by Crippen LogP contribution is -2.25. The van der Waals surface area contributed by atoms with E-state index in [1.54, 1.807) is 11.9 Å². The summed E-state index contributed by atoms with van der Waals surface area (Å²) in [5, 5.41) is 0. The van der Waals surface area contributed by atoms with Gasteiger partial charge in [0.05, 0.1) is 0 Å². The van der Waals surface area contributed by atoms with Crippen molar-refractivity contribution in [2.24, 2.45) is 17.8 Å². The summed E-state index contributed by atoms with van der Waals surface area (Å²) in [5.74, 6) is 2.36. The number of allylic oxidation sites excluding steroid dienone is 1. The Morgan fingerprint density at radius 1 is 0.875 bits per heavy atom. The minimum atomic E-state index is -0.0922. The summed E-state index contributed by atoms with van der Waals surface area (Å²) in [7, 11) is 1.79. The molecule has 3 nitrogen and oxygen atoms in total. The zero-order chi connectivity index (χ0) is 18.4. The highest BCUT2D eigenvalue weighted by molar-refractivity contribution is 5.90. The Morgan fingerprint density at radius 3 is 2.00 bits per heavy atom. The van der Waals surface area contributed by atoms with Crippen LogP contribution in [0.5, 0.6) is 0 Å². The van der Waals surface area contributed by atoms with E-state index in [0.717, 1.165) is 37.1 Å².